The van der Waals surface area contributed by atoms with Gasteiger partial charge in [0.1, 0.15) is 0 Å². The minimum Gasteiger partial charge on any atom is -0.454 e. The van der Waals surface area contributed by atoms with Crippen LogP contribution in [-0.2, 0) is 17.8 Å². The fourth-order valence-corrected chi connectivity index (χ4v) is 4.26. The molecule has 0 unspecified atom stereocenters. The van der Waals surface area contributed by atoms with E-state index in [2.05, 4.69) is 43.7 Å². The third kappa shape index (κ3) is 4.88. The van der Waals surface area contributed by atoms with Gasteiger partial charge in [0.15, 0.2) is 11.5 Å². The first-order valence-electron chi connectivity index (χ1n) is 10.6. The van der Waals surface area contributed by atoms with E-state index in [0.717, 1.165) is 53.4 Å². The molecule has 0 aliphatic carbocycles. The van der Waals surface area contributed by atoms with E-state index in [1.54, 1.807) is 0 Å². The first kappa shape index (κ1) is 21.2. The lowest BCUT2D eigenvalue weighted by atomic mass is 10.1. The maximum atomic E-state index is 12.7. The van der Waals surface area contributed by atoms with Crippen molar-refractivity contribution >= 4 is 28.5 Å². The van der Waals surface area contributed by atoms with E-state index < -0.39 is 0 Å². The van der Waals surface area contributed by atoms with Gasteiger partial charge in [-0.2, -0.15) is 4.98 Å². The highest BCUT2D eigenvalue weighted by molar-refractivity contribution is 14.1. The fourth-order valence-electron chi connectivity index (χ4n) is 3.90. The van der Waals surface area contributed by atoms with Crippen LogP contribution in [0.25, 0.3) is 11.4 Å². The summed E-state index contributed by atoms with van der Waals surface area (Å²) in [5.41, 5.74) is 2.10. The van der Waals surface area contributed by atoms with E-state index >= 15 is 0 Å². The van der Waals surface area contributed by atoms with Crippen molar-refractivity contribution < 1.29 is 18.8 Å². The zero-order chi connectivity index (χ0) is 21.9. The van der Waals surface area contributed by atoms with Crippen LogP contribution in [0.15, 0.2) is 47.0 Å². The normalized spacial score (nSPS) is 15.8. The third-order valence-electron chi connectivity index (χ3n) is 5.69. The standard InChI is InChI=1S/C23H23IN4O4/c24-18-4-2-17(3-5-18)23-25-21(32-26-23)7-8-22(29)28-11-9-27(10-12-28)14-16-1-6-19-20(13-16)31-15-30-19/h1-6,13H,7-12,14-15H2. The van der Waals surface area contributed by atoms with Crippen LogP contribution >= 0.6 is 22.6 Å². The van der Waals surface area contributed by atoms with Crippen LogP contribution in [0, 0.1) is 3.57 Å². The van der Waals surface area contributed by atoms with Crippen molar-refractivity contribution in [2.24, 2.45) is 0 Å². The van der Waals surface area contributed by atoms with Crippen LogP contribution in [0.4, 0.5) is 0 Å². The number of nitrogens with zero attached hydrogens (tertiary/aromatic N) is 4. The monoisotopic (exact) mass is 546 g/mol. The molecule has 3 heterocycles. The number of ether oxygens (including phenoxy) is 2. The van der Waals surface area contributed by atoms with E-state index in [1.165, 1.54) is 5.56 Å². The Kier molecular flexibility index (Phi) is 6.26. The largest absolute Gasteiger partial charge is 0.454 e. The van der Waals surface area contributed by atoms with Gasteiger partial charge in [-0.15, -0.1) is 0 Å². The van der Waals surface area contributed by atoms with E-state index in [0.29, 0.717) is 24.6 Å². The van der Waals surface area contributed by atoms with Crippen molar-refractivity contribution in [2.45, 2.75) is 19.4 Å². The molecule has 9 heteroatoms. The molecule has 1 aromatic heterocycles. The van der Waals surface area contributed by atoms with Crippen molar-refractivity contribution in [3.63, 3.8) is 0 Å². The maximum absolute atomic E-state index is 12.7. The highest BCUT2D eigenvalue weighted by Gasteiger charge is 2.22. The Labute approximate surface area is 199 Å². The minimum atomic E-state index is 0.127. The molecule has 0 atom stereocenters. The van der Waals surface area contributed by atoms with Gasteiger partial charge in [-0.25, -0.2) is 0 Å². The summed E-state index contributed by atoms with van der Waals surface area (Å²) in [5.74, 6) is 2.79. The molecule has 8 nitrogen and oxygen atoms in total. The van der Waals surface area contributed by atoms with Gasteiger partial charge in [-0.3, -0.25) is 9.69 Å². The molecule has 2 aliphatic rings. The topological polar surface area (TPSA) is 80.9 Å². The molecule has 5 rings (SSSR count). The van der Waals surface area contributed by atoms with Gasteiger partial charge in [-0.05, 0) is 52.4 Å². The number of hydrogen-bond acceptors (Lipinski definition) is 7. The number of amides is 1. The summed E-state index contributed by atoms with van der Waals surface area (Å²) in [6, 6.07) is 14.0. The van der Waals surface area contributed by atoms with Crippen molar-refractivity contribution in [3.8, 4) is 22.9 Å². The molecule has 1 fully saturated rings. The molecule has 3 aromatic rings. The number of aromatic nitrogens is 2. The second-order valence-corrected chi connectivity index (χ2v) is 9.11. The van der Waals surface area contributed by atoms with Crippen LogP contribution in [0.3, 0.4) is 0 Å². The van der Waals surface area contributed by atoms with Gasteiger partial charge >= 0.3 is 0 Å². The van der Waals surface area contributed by atoms with Crippen LogP contribution in [-0.4, -0.2) is 58.8 Å². The molecule has 0 saturated carbocycles. The summed E-state index contributed by atoms with van der Waals surface area (Å²) in [7, 11) is 0. The lowest BCUT2D eigenvalue weighted by Crippen LogP contribution is -2.48. The molecule has 166 valence electrons. The van der Waals surface area contributed by atoms with Gasteiger partial charge < -0.3 is 18.9 Å². The lowest BCUT2D eigenvalue weighted by Gasteiger charge is -2.34. The summed E-state index contributed by atoms with van der Waals surface area (Å²) in [6.07, 6.45) is 0.824. The molecule has 32 heavy (non-hydrogen) atoms. The van der Waals surface area contributed by atoms with Crippen molar-refractivity contribution in [3.05, 3.63) is 57.5 Å². The van der Waals surface area contributed by atoms with Crippen molar-refractivity contribution in [1.82, 2.24) is 19.9 Å². The Morgan fingerprint density at radius 3 is 2.59 bits per heavy atom. The minimum absolute atomic E-state index is 0.127. The molecule has 0 bridgehead atoms. The van der Waals surface area contributed by atoms with Crippen LogP contribution < -0.4 is 9.47 Å². The van der Waals surface area contributed by atoms with Gasteiger partial charge in [0, 0.05) is 54.7 Å². The molecule has 2 aromatic carbocycles. The Morgan fingerprint density at radius 1 is 1.00 bits per heavy atom. The summed E-state index contributed by atoms with van der Waals surface area (Å²) < 4.78 is 17.3. The quantitative estimate of drug-likeness (QED) is 0.439. The molecule has 0 radical (unpaired) electrons. The number of aryl methyl sites for hydroxylation is 1. The maximum Gasteiger partial charge on any atom is 0.231 e. The van der Waals surface area contributed by atoms with Crippen molar-refractivity contribution in [1.29, 1.82) is 0 Å². The Balaban J connectivity index is 1.08. The van der Waals surface area contributed by atoms with Crippen LogP contribution in [0.1, 0.15) is 17.9 Å². The number of rotatable bonds is 6. The fraction of sp³-hybridized carbons (Fsp3) is 0.348. The lowest BCUT2D eigenvalue weighted by molar-refractivity contribution is -0.133. The number of benzene rings is 2. The number of carbonyl (C=O) groups excluding carboxylic acids is 1. The van der Waals surface area contributed by atoms with Gasteiger partial charge in [0.05, 0.1) is 0 Å². The van der Waals surface area contributed by atoms with E-state index in [1.807, 2.05) is 41.3 Å². The number of piperazine rings is 1. The molecule has 0 spiro atoms. The van der Waals surface area contributed by atoms with E-state index in [4.69, 9.17) is 14.0 Å². The van der Waals surface area contributed by atoms with E-state index in [9.17, 15) is 4.79 Å². The third-order valence-corrected chi connectivity index (χ3v) is 6.41. The second-order valence-electron chi connectivity index (χ2n) is 7.86. The molecule has 2 aliphatic heterocycles. The smallest absolute Gasteiger partial charge is 0.231 e. The Hall–Kier alpha value is -2.66. The zero-order valence-corrected chi connectivity index (χ0v) is 19.7. The molecule has 0 N–H and O–H groups in total. The predicted molar refractivity (Wildman–Crippen MR) is 125 cm³/mol. The molecule has 1 saturated heterocycles. The average molecular weight is 546 g/mol. The van der Waals surface area contributed by atoms with E-state index in [-0.39, 0.29) is 12.7 Å². The molecular weight excluding hydrogens is 523 g/mol. The van der Waals surface area contributed by atoms with Crippen LogP contribution in [0.2, 0.25) is 0 Å². The highest BCUT2D eigenvalue weighted by atomic mass is 127. The Bertz CT molecular complexity index is 1090. The predicted octanol–water partition coefficient (Wildman–Crippen LogP) is 3.35. The van der Waals surface area contributed by atoms with Gasteiger partial charge in [0.2, 0.25) is 24.4 Å². The number of halogens is 1. The number of carbonyl (C=O) groups is 1. The average Bonchev–Trinajstić information content (AvgIpc) is 3.48. The summed E-state index contributed by atoms with van der Waals surface area (Å²) >= 11 is 2.26. The molecular formula is C23H23IN4O4. The zero-order valence-electron chi connectivity index (χ0n) is 17.5. The SMILES string of the molecule is O=C(CCc1nc(-c2ccc(I)cc2)no1)N1CCN(Cc2ccc3c(c2)OCO3)CC1. The summed E-state index contributed by atoms with van der Waals surface area (Å²) in [4.78, 5) is 21.4. The number of fused-ring (bicyclic) bond motifs is 1. The number of hydrogen-bond donors (Lipinski definition) is 0. The van der Waals surface area contributed by atoms with Gasteiger partial charge in [0.25, 0.3) is 0 Å². The summed E-state index contributed by atoms with van der Waals surface area (Å²) in [6.45, 7) is 4.26. The highest BCUT2D eigenvalue weighted by Crippen LogP contribution is 2.32. The second kappa shape index (κ2) is 9.45. The summed E-state index contributed by atoms with van der Waals surface area (Å²) in [5, 5.41) is 4.04. The van der Waals surface area contributed by atoms with Crippen molar-refractivity contribution in [2.75, 3.05) is 33.0 Å². The molecule has 1 amide bonds. The first-order valence-corrected chi connectivity index (χ1v) is 11.7. The Morgan fingerprint density at radius 2 is 1.78 bits per heavy atom. The van der Waals surface area contributed by atoms with Gasteiger partial charge in [-0.1, -0.05) is 23.4 Å². The van der Waals surface area contributed by atoms with Crippen LogP contribution in [0.5, 0.6) is 11.5 Å². The first-order chi connectivity index (χ1) is 15.6.